The molecule has 0 amide bonds. The maximum Gasteiger partial charge on any atom is 0.438 e. The SMILES string of the molecule is CC(=O)c1cc2cc([C@H]3CCOC(C)(C)C3)ccc2n1[C@@]1(c2noc(=O)[nH]2)C[C@@H]1C. The van der Waals surface area contributed by atoms with E-state index in [1.54, 1.807) is 6.92 Å². The first kappa shape index (κ1) is 19.3. The van der Waals surface area contributed by atoms with Gasteiger partial charge in [-0.25, -0.2) is 4.79 Å². The number of nitrogens with zero attached hydrogens (tertiary/aromatic N) is 2. The minimum absolute atomic E-state index is 0.00994. The quantitative estimate of drug-likeness (QED) is 0.659. The molecule has 0 radical (unpaired) electrons. The summed E-state index contributed by atoms with van der Waals surface area (Å²) in [7, 11) is 0. The van der Waals surface area contributed by atoms with Crippen molar-refractivity contribution in [2.24, 2.45) is 5.92 Å². The van der Waals surface area contributed by atoms with E-state index in [0.717, 1.165) is 36.8 Å². The van der Waals surface area contributed by atoms with Gasteiger partial charge < -0.3 is 9.30 Å². The Morgan fingerprint density at radius 1 is 1.27 bits per heavy atom. The minimum atomic E-state index is -0.575. The molecular weight excluding hydrogens is 382 g/mol. The van der Waals surface area contributed by atoms with Gasteiger partial charge in [-0.1, -0.05) is 18.1 Å². The number of hydrogen-bond donors (Lipinski definition) is 1. The highest BCUT2D eigenvalue weighted by Crippen LogP contribution is 2.55. The Bertz CT molecular complexity index is 1200. The number of aromatic amines is 1. The number of H-pyrrole nitrogens is 1. The van der Waals surface area contributed by atoms with E-state index < -0.39 is 11.3 Å². The number of hydrogen-bond acceptors (Lipinski definition) is 5. The van der Waals surface area contributed by atoms with E-state index in [1.807, 2.05) is 6.07 Å². The van der Waals surface area contributed by atoms with Crippen LogP contribution < -0.4 is 5.76 Å². The highest BCUT2D eigenvalue weighted by Gasteiger charge is 2.58. The monoisotopic (exact) mass is 409 g/mol. The van der Waals surface area contributed by atoms with Gasteiger partial charge in [0.05, 0.1) is 11.3 Å². The van der Waals surface area contributed by atoms with Gasteiger partial charge in [-0.2, -0.15) is 0 Å². The first-order chi connectivity index (χ1) is 14.2. The number of carbonyl (C=O) groups is 1. The van der Waals surface area contributed by atoms with Gasteiger partial charge in [0.1, 0.15) is 5.54 Å². The molecule has 0 unspecified atom stereocenters. The predicted molar refractivity (Wildman–Crippen MR) is 112 cm³/mol. The molecule has 158 valence electrons. The number of ketones is 1. The van der Waals surface area contributed by atoms with Crippen molar-refractivity contribution in [1.29, 1.82) is 0 Å². The summed E-state index contributed by atoms with van der Waals surface area (Å²) in [5, 5.41) is 5.02. The Hall–Kier alpha value is -2.67. The third-order valence-corrected chi connectivity index (χ3v) is 6.88. The first-order valence-corrected chi connectivity index (χ1v) is 10.6. The zero-order valence-corrected chi connectivity index (χ0v) is 17.8. The Labute approximate surface area is 174 Å². The summed E-state index contributed by atoms with van der Waals surface area (Å²) in [5.41, 5.74) is 2.20. The molecule has 0 spiro atoms. The average Bonchev–Trinajstić information content (AvgIpc) is 3.03. The number of carbonyl (C=O) groups excluding carboxylic acids is 1. The fourth-order valence-electron chi connectivity index (χ4n) is 5.27. The van der Waals surface area contributed by atoms with E-state index in [1.165, 1.54) is 5.56 Å². The van der Waals surface area contributed by atoms with Gasteiger partial charge in [0.25, 0.3) is 0 Å². The van der Waals surface area contributed by atoms with E-state index in [0.29, 0.717) is 17.4 Å². The molecule has 1 aliphatic carbocycles. The molecule has 2 fully saturated rings. The molecule has 1 aromatic carbocycles. The van der Waals surface area contributed by atoms with E-state index in [2.05, 4.69) is 53.7 Å². The molecule has 1 N–H and O–H groups in total. The smallest absolute Gasteiger partial charge is 0.376 e. The summed E-state index contributed by atoms with van der Waals surface area (Å²) < 4.78 is 12.7. The number of benzene rings is 1. The topological polar surface area (TPSA) is 90.1 Å². The maximum absolute atomic E-state index is 12.6. The lowest BCUT2D eigenvalue weighted by Gasteiger charge is -2.35. The molecule has 1 saturated carbocycles. The lowest BCUT2D eigenvalue weighted by molar-refractivity contribution is -0.0592. The van der Waals surface area contributed by atoms with Crippen LogP contribution in [0.25, 0.3) is 10.9 Å². The zero-order valence-electron chi connectivity index (χ0n) is 17.8. The van der Waals surface area contributed by atoms with Crippen molar-refractivity contribution < 1.29 is 14.1 Å². The van der Waals surface area contributed by atoms with Gasteiger partial charge in [0.2, 0.25) is 0 Å². The minimum Gasteiger partial charge on any atom is -0.376 e. The van der Waals surface area contributed by atoms with Crippen LogP contribution in [0, 0.1) is 5.92 Å². The maximum atomic E-state index is 12.6. The molecule has 30 heavy (non-hydrogen) atoms. The standard InChI is InChI=1S/C23H27N3O4/c1-13-11-23(13,20-24-21(28)30-25-20)26-18-6-5-15(9-17(18)10-19(26)14(2)27)16-7-8-29-22(3,4)12-16/h5-6,9-10,13,16H,7-8,11-12H2,1-4H3,(H,24,25,28)/t13-,16-,23-/m0/s1. The Balaban J connectivity index is 1.65. The van der Waals surface area contributed by atoms with Crippen molar-refractivity contribution in [2.45, 2.75) is 64.0 Å². The van der Waals surface area contributed by atoms with Crippen LogP contribution in [-0.4, -0.2) is 32.7 Å². The predicted octanol–water partition coefficient (Wildman–Crippen LogP) is 3.98. The lowest BCUT2D eigenvalue weighted by atomic mass is 9.83. The number of fused-ring (bicyclic) bond motifs is 1. The fourth-order valence-corrected chi connectivity index (χ4v) is 5.27. The van der Waals surface area contributed by atoms with Crippen LogP contribution >= 0.6 is 0 Å². The molecule has 3 atom stereocenters. The van der Waals surface area contributed by atoms with Crippen LogP contribution in [0.2, 0.25) is 0 Å². The molecule has 5 rings (SSSR count). The highest BCUT2D eigenvalue weighted by molar-refractivity contribution is 5.99. The van der Waals surface area contributed by atoms with Crippen LogP contribution in [0.5, 0.6) is 0 Å². The molecule has 7 heteroatoms. The molecular formula is C23H27N3O4. The van der Waals surface area contributed by atoms with Crippen molar-refractivity contribution in [3.8, 4) is 0 Å². The van der Waals surface area contributed by atoms with E-state index >= 15 is 0 Å². The number of Topliss-reactive ketones (excluding diaryl/α,β-unsaturated/α-hetero) is 1. The third-order valence-electron chi connectivity index (χ3n) is 6.88. The van der Waals surface area contributed by atoms with Gasteiger partial charge in [-0.3, -0.25) is 14.3 Å². The highest BCUT2D eigenvalue weighted by atomic mass is 16.5. The molecule has 3 heterocycles. The van der Waals surface area contributed by atoms with Gasteiger partial charge in [0.15, 0.2) is 11.6 Å². The second-order valence-electron chi connectivity index (χ2n) is 9.51. The van der Waals surface area contributed by atoms with Crippen molar-refractivity contribution in [1.82, 2.24) is 14.7 Å². The molecule has 1 aliphatic heterocycles. The second-order valence-corrected chi connectivity index (χ2v) is 9.51. The summed E-state index contributed by atoms with van der Waals surface area (Å²) in [6.45, 7) is 8.72. The summed E-state index contributed by atoms with van der Waals surface area (Å²) in [5.74, 6) is 0.555. The van der Waals surface area contributed by atoms with Gasteiger partial charge in [-0.15, -0.1) is 0 Å². The first-order valence-electron chi connectivity index (χ1n) is 10.6. The van der Waals surface area contributed by atoms with Gasteiger partial charge in [0, 0.05) is 24.4 Å². The van der Waals surface area contributed by atoms with Crippen LogP contribution in [0.4, 0.5) is 0 Å². The molecule has 1 saturated heterocycles. The van der Waals surface area contributed by atoms with Crippen molar-refractivity contribution in [3.63, 3.8) is 0 Å². The van der Waals surface area contributed by atoms with Crippen LogP contribution in [-0.2, 0) is 10.3 Å². The van der Waals surface area contributed by atoms with E-state index in [4.69, 9.17) is 9.26 Å². The largest absolute Gasteiger partial charge is 0.438 e. The van der Waals surface area contributed by atoms with Crippen LogP contribution in [0.3, 0.4) is 0 Å². The van der Waals surface area contributed by atoms with Crippen LogP contribution in [0.1, 0.15) is 74.8 Å². The van der Waals surface area contributed by atoms with E-state index in [-0.39, 0.29) is 17.3 Å². The molecule has 2 aromatic heterocycles. The van der Waals surface area contributed by atoms with Gasteiger partial charge >= 0.3 is 5.76 Å². The fraction of sp³-hybridized carbons (Fsp3) is 0.522. The zero-order chi connectivity index (χ0) is 21.3. The number of ether oxygens (including phenoxy) is 1. The van der Waals surface area contributed by atoms with Crippen LogP contribution in [0.15, 0.2) is 33.6 Å². The Morgan fingerprint density at radius 3 is 2.63 bits per heavy atom. The summed E-state index contributed by atoms with van der Waals surface area (Å²) in [4.78, 5) is 26.9. The van der Waals surface area contributed by atoms with E-state index in [9.17, 15) is 9.59 Å². The van der Waals surface area contributed by atoms with Crippen molar-refractivity contribution in [2.75, 3.05) is 6.61 Å². The Morgan fingerprint density at radius 2 is 2.03 bits per heavy atom. The number of aromatic nitrogens is 3. The van der Waals surface area contributed by atoms with Gasteiger partial charge in [-0.05, 0) is 68.7 Å². The molecule has 0 bridgehead atoms. The second kappa shape index (κ2) is 6.41. The van der Waals surface area contributed by atoms with Crippen molar-refractivity contribution in [3.05, 3.63) is 51.9 Å². The molecule has 2 aliphatic rings. The Kier molecular flexibility index (Phi) is 4.13. The summed E-state index contributed by atoms with van der Waals surface area (Å²) >= 11 is 0. The number of nitrogens with one attached hydrogen (secondary N) is 1. The van der Waals surface area contributed by atoms with Crippen molar-refractivity contribution >= 4 is 16.7 Å². The third kappa shape index (κ3) is 2.87. The molecule has 3 aromatic rings. The lowest BCUT2D eigenvalue weighted by Crippen LogP contribution is -2.32. The normalized spacial score (nSPS) is 28.0. The average molecular weight is 409 g/mol. The summed E-state index contributed by atoms with van der Waals surface area (Å²) in [6, 6.07) is 8.44. The summed E-state index contributed by atoms with van der Waals surface area (Å²) in [6.07, 6.45) is 2.76. The number of rotatable bonds is 4. The molecule has 7 nitrogen and oxygen atoms in total.